The van der Waals surface area contributed by atoms with Crippen molar-refractivity contribution in [1.82, 2.24) is 20.5 Å². The predicted molar refractivity (Wildman–Crippen MR) is 183 cm³/mol. The molecular weight excluding hydrogens is 700 g/mol. The number of ether oxygens (including phenoxy) is 3. The molecule has 15 nitrogen and oxygen atoms in total. The van der Waals surface area contributed by atoms with E-state index in [4.69, 9.17) is 30.6 Å². The highest BCUT2D eigenvalue weighted by Gasteiger charge is 2.54. The van der Waals surface area contributed by atoms with Crippen LogP contribution in [0.4, 0.5) is 9.93 Å². The zero-order valence-electron chi connectivity index (χ0n) is 27.4. The molecule has 0 spiro atoms. The van der Waals surface area contributed by atoms with Crippen LogP contribution in [0.5, 0.6) is 5.75 Å². The summed E-state index contributed by atoms with van der Waals surface area (Å²) in [5.74, 6) is -1.05. The normalized spacial score (nSPS) is 18.0. The number of hydrogen-bond acceptors (Lipinski definition) is 13. The van der Waals surface area contributed by atoms with Crippen LogP contribution in [0, 0.1) is 0 Å². The molecule has 2 aromatic rings. The van der Waals surface area contributed by atoms with E-state index in [0.717, 1.165) is 16.9 Å². The topological polar surface area (TPSA) is 187 Å². The van der Waals surface area contributed by atoms with Crippen LogP contribution in [-0.2, 0) is 40.1 Å². The summed E-state index contributed by atoms with van der Waals surface area (Å²) in [4.78, 5) is 74.6. The van der Waals surface area contributed by atoms with Gasteiger partial charge >= 0.3 is 12.1 Å². The number of amides is 4. The van der Waals surface area contributed by atoms with Crippen molar-refractivity contribution in [3.63, 3.8) is 0 Å². The molecule has 0 radical (unpaired) electrons. The first-order valence-electron chi connectivity index (χ1n) is 15.1. The number of rotatable bonds is 15. The standard InChI is InChI=1S/C31H37ClN6O9S2/c1-6-19(12-33-30(43)46-31(2,3)4)47-37-22(21-15-49-29(35-21)34-16-39)25(40)36-23-26(41)38-24(18(11-32)14-48-27(23)38)28(42)45-13-17-7-9-20(44-5)10-8-17/h7-10,15-16,19,23,27H,6,11-14H2,1-5H3,(H,33,43)(H,36,40)(H,34,35,39)/b37-22+/t19?,23?,27-/m1/s1. The molecular formula is C31H37ClN6O9S2. The van der Waals surface area contributed by atoms with E-state index in [-0.39, 0.29) is 41.3 Å². The number of nitrogens with one attached hydrogen (secondary N) is 3. The van der Waals surface area contributed by atoms with Crippen LogP contribution in [0.3, 0.4) is 0 Å². The minimum Gasteiger partial charge on any atom is -0.497 e. The quantitative estimate of drug-likeness (QED) is 0.0608. The van der Waals surface area contributed by atoms with Crippen molar-refractivity contribution >= 4 is 75.8 Å². The Bertz CT molecular complexity index is 1610. The molecule has 0 saturated carbocycles. The summed E-state index contributed by atoms with van der Waals surface area (Å²) in [5, 5.41) is 12.8. The maximum Gasteiger partial charge on any atom is 0.407 e. The second-order valence-corrected chi connectivity index (χ2v) is 13.9. The van der Waals surface area contributed by atoms with Crippen molar-refractivity contribution in [2.45, 2.75) is 63.8 Å². The molecule has 18 heteroatoms. The minimum atomic E-state index is -1.02. The fraction of sp³-hybridized carbons (Fsp3) is 0.452. The van der Waals surface area contributed by atoms with E-state index in [1.54, 1.807) is 59.1 Å². The van der Waals surface area contributed by atoms with E-state index in [1.807, 2.05) is 0 Å². The lowest BCUT2D eigenvalue weighted by Crippen LogP contribution is -2.71. The van der Waals surface area contributed by atoms with Gasteiger partial charge in [-0.05, 0) is 50.5 Å². The summed E-state index contributed by atoms with van der Waals surface area (Å²) < 4.78 is 15.9. The number of thiazole rings is 1. The lowest BCUT2D eigenvalue weighted by molar-refractivity contribution is -0.153. The van der Waals surface area contributed by atoms with Crippen molar-refractivity contribution in [2.75, 3.05) is 30.6 Å². The summed E-state index contributed by atoms with van der Waals surface area (Å²) in [5.41, 5.74) is 0.408. The fourth-order valence-corrected chi connectivity index (χ4v) is 6.86. The van der Waals surface area contributed by atoms with Crippen LogP contribution in [0.2, 0.25) is 0 Å². The Morgan fingerprint density at radius 2 is 1.96 bits per heavy atom. The van der Waals surface area contributed by atoms with Crippen LogP contribution in [0.1, 0.15) is 45.4 Å². The van der Waals surface area contributed by atoms with Gasteiger partial charge < -0.3 is 35.0 Å². The van der Waals surface area contributed by atoms with Crippen LogP contribution < -0.4 is 20.7 Å². The lowest BCUT2D eigenvalue weighted by atomic mass is 10.0. The second kappa shape index (κ2) is 16.8. The molecule has 1 aromatic carbocycles. The monoisotopic (exact) mass is 736 g/mol. The van der Waals surface area contributed by atoms with Crippen LogP contribution in [0.25, 0.3) is 0 Å². The first-order valence-corrected chi connectivity index (χ1v) is 17.6. The molecule has 2 unspecified atom stereocenters. The number of thioether (sulfide) groups is 1. The van der Waals surface area contributed by atoms with Crippen LogP contribution in [-0.4, -0.2) is 94.3 Å². The van der Waals surface area contributed by atoms with Gasteiger partial charge in [-0.25, -0.2) is 14.6 Å². The number of carbonyl (C=O) groups excluding carboxylic acids is 5. The van der Waals surface area contributed by atoms with Crippen LogP contribution >= 0.6 is 34.7 Å². The number of halogens is 1. The number of oxime groups is 1. The summed E-state index contributed by atoms with van der Waals surface area (Å²) in [6.45, 7) is 6.99. The smallest absolute Gasteiger partial charge is 0.407 e. The van der Waals surface area contributed by atoms with E-state index in [2.05, 4.69) is 26.1 Å². The molecule has 1 aromatic heterocycles. The number of fused-ring (bicyclic) bond motifs is 1. The summed E-state index contributed by atoms with van der Waals surface area (Å²) >= 11 is 8.54. The number of hydrogen-bond donors (Lipinski definition) is 3. The third kappa shape index (κ3) is 9.64. The second-order valence-electron chi connectivity index (χ2n) is 11.6. The summed E-state index contributed by atoms with van der Waals surface area (Å²) in [7, 11) is 1.55. The van der Waals surface area contributed by atoms with E-state index in [0.29, 0.717) is 29.9 Å². The third-order valence-corrected chi connectivity index (χ3v) is 9.42. The molecule has 3 N–H and O–H groups in total. The number of alkyl halides is 1. The van der Waals surface area contributed by atoms with Gasteiger partial charge in [-0.2, -0.15) is 0 Å². The van der Waals surface area contributed by atoms with Gasteiger partial charge in [0.1, 0.15) is 46.9 Å². The van der Waals surface area contributed by atoms with E-state index in [1.165, 1.54) is 22.0 Å². The Morgan fingerprint density at radius 1 is 1.22 bits per heavy atom. The van der Waals surface area contributed by atoms with Gasteiger partial charge in [0.25, 0.3) is 11.8 Å². The first-order chi connectivity index (χ1) is 23.4. The van der Waals surface area contributed by atoms with Crippen LogP contribution in [0.15, 0.2) is 46.1 Å². The molecule has 2 aliphatic rings. The molecule has 0 bridgehead atoms. The lowest BCUT2D eigenvalue weighted by Gasteiger charge is -2.49. The van der Waals surface area contributed by atoms with Gasteiger partial charge in [-0.1, -0.05) is 24.2 Å². The molecule has 1 fully saturated rings. The van der Waals surface area contributed by atoms with Gasteiger partial charge in [-0.3, -0.25) is 19.3 Å². The highest BCUT2D eigenvalue weighted by molar-refractivity contribution is 8.00. The number of benzene rings is 1. The molecule has 4 amide bonds. The minimum absolute atomic E-state index is 0.00397. The van der Waals surface area contributed by atoms with E-state index >= 15 is 0 Å². The number of anilines is 1. The number of aromatic nitrogens is 1. The Kier molecular flexibility index (Phi) is 12.9. The fourth-order valence-electron chi connectivity index (χ4n) is 4.52. The molecule has 1 saturated heterocycles. The molecule has 2 aliphatic heterocycles. The first kappa shape index (κ1) is 37.5. The number of esters is 1. The molecule has 3 atom stereocenters. The molecule has 264 valence electrons. The number of methoxy groups -OCH3 is 1. The number of carbonyl (C=O) groups is 5. The molecule has 49 heavy (non-hydrogen) atoms. The average molecular weight is 737 g/mol. The van der Waals surface area contributed by atoms with Crippen molar-refractivity contribution in [3.8, 4) is 5.75 Å². The zero-order valence-corrected chi connectivity index (χ0v) is 29.8. The van der Waals surface area contributed by atoms with E-state index < -0.39 is 47.0 Å². The number of β-lactam (4-membered cyclic amide) rings is 1. The van der Waals surface area contributed by atoms with E-state index in [9.17, 15) is 24.0 Å². The maximum atomic E-state index is 13.6. The number of nitrogens with zero attached hydrogens (tertiary/aromatic N) is 3. The Balaban J connectivity index is 1.47. The highest BCUT2D eigenvalue weighted by Crippen LogP contribution is 2.41. The molecule has 4 rings (SSSR count). The van der Waals surface area contributed by atoms with Gasteiger partial charge in [-0.15, -0.1) is 34.7 Å². The Hall–Kier alpha value is -4.35. The number of alkyl carbamates (subject to hydrolysis) is 1. The van der Waals surface area contributed by atoms with Gasteiger partial charge in [0.2, 0.25) is 6.41 Å². The van der Waals surface area contributed by atoms with Crippen molar-refractivity contribution < 1.29 is 43.0 Å². The predicted octanol–water partition coefficient (Wildman–Crippen LogP) is 3.38. The largest absolute Gasteiger partial charge is 0.497 e. The SMILES string of the molecule is CCC(CNC(=O)OC(C)(C)C)O/N=C(/C(=O)NC1C(=O)N2C(C(=O)OCc3ccc(OC)cc3)=C(CCl)CS[C@H]12)c1csc(NC=O)n1. The molecule has 3 heterocycles. The van der Waals surface area contributed by atoms with Gasteiger partial charge in [0.05, 0.1) is 13.7 Å². The van der Waals surface area contributed by atoms with Gasteiger partial charge in [0, 0.05) is 17.0 Å². The summed E-state index contributed by atoms with van der Waals surface area (Å²) in [6, 6.07) is 5.97. The molecule has 0 aliphatic carbocycles. The van der Waals surface area contributed by atoms with Crippen molar-refractivity contribution in [3.05, 3.63) is 52.2 Å². The maximum absolute atomic E-state index is 13.6. The summed E-state index contributed by atoms with van der Waals surface area (Å²) in [6.07, 6.45) is -0.448. The highest BCUT2D eigenvalue weighted by atomic mass is 35.5. The van der Waals surface area contributed by atoms with Crippen molar-refractivity contribution in [2.24, 2.45) is 5.16 Å². The average Bonchev–Trinajstić information content (AvgIpc) is 3.54. The Labute approximate surface area is 296 Å². The zero-order chi connectivity index (χ0) is 35.7. The van der Waals surface area contributed by atoms with Crippen molar-refractivity contribution in [1.29, 1.82) is 0 Å². The van der Waals surface area contributed by atoms with Gasteiger partial charge in [0.15, 0.2) is 10.8 Å². The third-order valence-electron chi connectivity index (χ3n) is 6.98. The Morgan fingerprint density at radius 3 is 2.59 bits per heavy atom.